The highest BCUT2D eigenvalue weighted by Crippen LogP contribution is 2.27. The lowest BCUT2D eigenvalue weighted by atomic mass is 10.2. The van der Waals surface area contributed by atoms with Crippen molar-refractivity contribution in [2.75, 3.05) is 4.72 Å². The van der Waals surface area contributed by atoms with E-state index < -0.39 is 10.0 Å². The van der Waals surface area contributed by atoms with Crippen LogP contribution < -0.4 is 4.72 Å². The molecule has 0 fully saturated rings. The largest absolute Gasteiger partial charge is 0.277 e. The third-order valence-corrected chi connectivity index (χ3v) is 5.46. The SMILES string of the molecule is Cc1ccc(S(=O)(=O)Nc2ccccc2-n2cnnn2)c(Br)c1. The zero-order valence-corrected chi connectivity index (χ0v) is 14.4. The third kappa shape index (κ3) is 3.25. The number of anilines is 1. The fourth-order valence-electron chi connectivity index (χ4n) is 2.05. The molecule has 0 radical (unpaired) electrons. The van der Waals surface area contributed by atoms with E-state index >= 15 is 0 Å². The predicted octanol–water partition coefficient (Wildman–Crippen LogP) is 2.53. The molecule has 7 nitrogen and oxygen atoms in total. The molecule has 1 N–H and O–H groups in total. The number of rotatable bonds is 4. The van der Waals surface area contributed by atoms with Crippen LogP contribution in [0, 0.1) is 6.92 Å². The molecule has 0 saturated carbocycles. The van der Waals surface area contributed by atoms with Crippen LogP contribution >= 0.6 is 15.9 Å². The minimum Gasteiger partial charge on any atom is -0.277 e. The van der Waals surface area contributed by atoms with E-state index in [2.05, 4.69) is 36.2 Å². The Morgan fingerprint density at radius 1 is 1.17 bits per heavy atom. The Hall–Kier alpha value is -2.26. The van der Waals surface area contributed by atoms with Crippen molar-refractivity contribution in [3.05, 3.63) is 58.8 Å². The van der Waals surface area contributed by atoms with Crippen molar-refractivity contribution < 1.29 is 8.42 Å². The summed E-state index contributed by atoms with van der Waals surface area (Å²) in [5.41, 5.74) is 1.88. The minimum atomic E-state index is -3.75. The summed E-state index contributed by atoms with van der Waals surface area (Å²) in [6.07, 6.45) is 1.40. The molecule has 2 aromatic carbocycles. The van der Waals surface area contributed by atoms with E-state index in [1.165, 1.54) is 11.0 Å². The Balaban J connectivity index is 2.02. The highest BCUT2D eigenvalue weighted by molar-refractivity contribution is 9.10. The van der Waals surface area contributed by atoms with Crippen LogP contribution in [0.4, 0.5) is 5.69 Å². The van der Waals surface area contributed by atoms with Crippen LogP contribution in [0.3, 0.4) is 0 Å². The van der Waals surface area contributed by atoms with Gasteiger partial charge in [0.05, 0.1) is 11.4 Å². The standard InChI is InChI=1S/C14H12BrN5O2S/c1-10-6-7-14(11(15)8-10)23(21,22)17-12-4-2-3-5-13(12)20-9-16-18-19-20/h2-9,17H,1H3. The van der Waals surface area contributed by atoms with Crippen LogP contribution in [0.1, 0.15) is 5.56 Å². The summed E-state index contributed by atoms with van der Waals surface area (Å²) in [6, 6.07) is 11.9. The van der Waals surface area contributed by atoms with Gasteiger partial charge in [-0.05, 0) is 63.1 Å². The van der Waals surface area contributed by atoms with Crippen molar-refractivity contribution in [3.8, 4) is 5.69 Å². The summed E-state index contributed by atoms with van der Waals surface area (Å²) in [7, 11) is -3.75. The summed E-state index contributed by atoms with van der Waals surface area (Å²) < 4.78 is 29.8. The lowest BCUT2D eigenvalue weighted by Crippen LogP contribution is -2.15. The smallest absolute Gasteiger partial charge is 0.263 e. The van der Waals surface area contributed by atoms with Crippen molar-refractivity contribution in [1.82, 2.24) is 20.2 Å². The number of nitrogens with zero attached hydrogens (tertiary/aromatic N) is 4. The van der Waals surface area contributed by atoms with Gasteiger partial charge >= 0.3 is 0 Å². The second-order valence-electron chi connectivity index (χ2n) is 4.81. The maximum absolute atomic E-state index is 12.7. The van der Waals surface area contributed by atoms with Crippen molar-refractivity contribution in [2.45, 2.75) is 11.8 Å². The van der Waals surface area contributed by atoms with Gasteiger partial charge in [0.1, 0.15) is 11.2 Å². The molecule has 118 valence electrons. The second kappa shape index (κ2) is 6.09. The number of hydrogen-bond acceptors (Lipinski definition) is 5. The highest BCUT2D eigenvalue weighted by atomic mass is 79.9. The number of benzene rings is 2. The summed E-state index contributed by atoms with van der Waals surface area (Å²) in [5.74, 6) is 0. The molecule has 3 rings (SSSR count). The molecule has 0 unspecified atom stereocenters. The summed E-state index contributed by atoms with van der Waals surface area (Å²) >= 11 is 3.30. The molecule has 0 aliphatic carbocycles. The molecule has 0 atom stereocenters. The van der Waals surface area contributed by atoms with Gasteiger partial charge in [-0.1, -0.05) is 18.2 Å². The van der Waals surface area contributed by atoms with Gasteiger partial charge in [-0.25, -0.2) is 8.42 Å². The van der Waals surface area contributed by atoms with Crippen molar-refractivity contribution in [3.63, 3.8) is 0 Å². The van der Waals surface area contributed by atoms with Crippen LogP contribution in [-0.4, -0.2) is 28.6 Å². The summed E-state index contributed by atoms with van der Waals surface area (Å²) in [6.45, 7) is 1.89. The average Bonchev–Trinajstić information content (AvgIpc) is 3.01. The average molecular weight is 394 g/mol. The van der Waals surface area contributed by atoms with E-state index in [1.807, 2.05) is 6.92 Å². The van der Waals surface area contributed by atoms with Gasteiger partial charge in [-0.2, -0.15) is 4.68 Å². The van der Waals surface area contributed by atoms with Crippen LogP contribution in [0.5, 0.6) is 0 Å². The molecule has 0 aliphatic heterocycles. The normalized spacial score (nSPS) is 11.4. The van der Waals surface area contributed by atoms with E-state index in [-0.39, 0.29) is 4.90 Å². The number of tetrazole rings is 1. The van der Waals surface area contributed by atoms with Crippen LogP contribution in [0.15, 0.2) is 58.2 Å². The Bertz CT molecular complexity index is 942. The van der Waals surface area contributed by atoms with Crippen LogP contribution in [0.2, 0.25) is 0 Å². The molecule has 0 aliphatic rings. The topological polar surface area (TPSA) is 89.8 Å². The maximum atomic E-state index is 12.7. The molecule has 0 spiro atoms. The van der Waals surface area contributed by atoms with Gasteiger partial charge in [-0.15, -0.1) is 5.10 Å². The summed E-state index contributed by atoms with van der Waals surface area (Å²) in [4.78, 5) is 0.162. The monoisotopic (exact) mass is 393 g/mol. The van der Waals surface area contributed by atoms with E-state index in [0.29, 0.717) is 15.8 Å². The number of para-hydroxylation sites is 2. The first-order chi connectivity index (χ1) is 11.0. The summed E-state index contributed by atoms with van der Waals surface area (Å²) in [5, 5.41) is 10.9. The first-order valence-electron chi connectivity index (χ1n) is 6.59. The van der Waals surface area contributed by atoms with Gasteiger partial charge in [-0.3, -0.25) is 4.72 Å². The molecular weight excluding hydrogens is 382 g/mol. The van der Waals surface area contributed by atoms with Gasteiger partial charge < -0.3 is 0 Å². The van der Waals surface area contributed by atoms with E-state index in [1.54, 1.807) is 42.5 Å². The number of halogens is 1. The molecule has 1 heterocycles. The Morgan fingerprint density at radius 2 is 1.96 bits per heavy atom. The quantitative estimate of drug-likeness (QED) is 0.735. The Kier molecular flexibility index (Phi) is 4.14. The third-order valence-electron chi connectivity index (χ3n) is 3.12. The molecule has 3 aromatic rings. The Labute approximate surface area is 141 Å². The first-order valence-corrected chi connectivity index (χ1v) is 8.86. The zero-order chi connectivity index (χ0) is 16.4. The number of aromatic nitrogens is 4. The van der Waals surface area contributed by atoms with E-state index in [9.17, 15) is 8.42 Å². The van der Waals surface area contributed by atoms with Gasteiger partial charge in [0.15, 0.2) is 0 Å². The van der Waals surface area contributed by atoms with Crippen molar-refractivity contribution in [1.29, 1.82) is 0 Å². The first kappa shape index (κ1) is 15.6. The van der Waals surface area contributed by atoms with Crippen LogP contribution in [0.25, 0.3) is 5.69 Å². The Morgan fingerprint density at radius 3 is 2.65 bits per heavy atom. The lowest BCUT2D eigenvalue weighted by molar-refractivity contribution is 0.600. The highest BCUT2D eigenvalue weighted by Gasteiger charge is 2.19. The minimum absolute atomic E-state index is 0.162. The molecule has 23 heavy (non-hydrogen) atoms. The zero-order valence-electron chi connectivity index (χ0n) is 12.0. The van der Waals surface area contributed by atoms with E-state index in [0.717, 1.165) is 5.56 Å². The van der Waals surface area contributed by atoms with Crippen LogP contribution in [-0.2, 0) is 10.0 Å². The maximum Gasteiger partial charge on any atom is 0.263 e. The lowest BCUT2D eigenvalue weighted by Gasteiger charge is -2.13. The van der Waals surface area contributed by atoms with Crippen molar-refractivity contribution >= 4 is 31.6 Å². The molecule has 0 bridgehead atoms. The molecule has 1 aromatic heterocycles. The molecule has 9 heteroatoms. The predicted molar refractivity (Wildman–Crippen MR) is 88.8 cm³/mol. The van der Waals surface area contributed by atoms with Gasteiger partial charge in [0.2, 0.25) is 0 Å². The number of hydrogen-bond donors (Lipinski definition) is 1. The molecule has 0 amide bonds. The number of nitrogens with one attached hydrogen (secondary N) is 1. The fourth-order valence-corrected chi connectivity index (χ4v) is 4.32. The molecule has 0 saturated heterocycles. The number of aryl methyl sites for hydroxylation is 1. The second-order valence-corrected chi connectivity index (χ2v) is 7.32. The van der Waals surface area contributed by atoms with E-state index in [4.69, 9.17) is 0 Å². The van der Waals surface area contributed by atoms with Gasteiger partial charge in [0, 0.05) is 4.47 Å². The van der Waals surface area contributed by atoms with Crippen molar-refractivity contribution in [2.24, 2.45) is 0 Å². The van der Waals surface area contributed by atoms with Gasteiger partial charge in [0.25, 0.3) is 10.0 Å². The molecular formula is C14H12BrN5O2S. The fraction of sp³-hybridized carbons (Fsp3) is 0.0714. The number of sulfonamides is 1.